The first-order valence-corrected chi connectivity index (χ1v) is 10.4. The van der Waals surface area contributed by atoms with Crippen molar-refractivity contribution in [2.75, 3.05) is 18.5 Å². The lowest BCUT2D eigenvalue weighted by molar-refractivity contribution is -0.125. The van der Waals surface area contributed by atoms with Crippen molar-refractivity contribution in [3.8, 4) is 11.4 Å². The molecule has 0 atom stereocenters. The van der Waals surface area contributed by atoms with Crippen molar-refractivity contribution < 1.29 is 9.53 Å². The number of nitrogens with one attached hydrogen (secondary N) is 2. The number of hydrogen-bond acceptors (Lipinski definition) is 7. The Labute approximate surface area is 184 Å². The number of aromatic nitrogens is 6. The van der Waals surface area contributed by atoms with E-state index in [4.69, 9.17) is 4.74 Å². The van der Waals surface area contributed by atoms with Crippen LogP contribution in [0.2, 0.25) is 0 Å². The number of nitrogens with zero attached hydrogens (tertiary/aromatic N) is 6. The fourth-order valence-electron chi connectivity index (χ4n) is 3.87. The molecule has 10 nitrogen and oxygen atoms in total. The summed E-state index contributed by atoms with van der Waals surface area (Å²) in [7, 11) is 0. The van der Waals surface area contributed by atoms with Gasteiger partial charge in [-0.3, -0.25) is 9.48 Å². The predicted octanol–water partition coefficient (Wildman–Crippen LogP) is 2.08. The molecule has 0 saturated heterocycles. The van der Waals surface area contributed by atoms with Gasteiger partial charge in [0, 0.05) is 24.6 Å². The topological polar surface area (TPSA) is 111 Å². The van der Waals surface area contributed by atoms with Crippen LogP contribution in [-0.2, 0) is 22.7 Å². The molecule has 2 aliphatic rings. The molecule has 0 radical (unpaired) electrons. The number of hydrogen-bond donors (Lipinski definition) is 2. The summed E-state index contributed by atoms with van der Waals surface area (Å²) in [5.74, 6) is 0.448. The quantitative estimate of drug-likeness (QED) is 0.613. The van der Waals surface area contributed by atoms with E-state index in [1.165, 1.54) is 0 Å². The molecular formula is C22H24N8O2. The van der Waals surface area contributed by atoms with Crippen LogP contribution in [0.4, 0.5) is 5.95 Å². The summed E-state index contributed by atoms with van der Waals surface area (Å²) in [6, 6.07) is 1.98. The zero-order chi connectivity index (χ0) is 22.3. The van der Waals surface area contributed by atoms with Gasteiger partial charge in [-0.25, -0.2) is 9.50 Å². The Morgan fingerprint density at radius 2 is 2.25 bits per heavy atom. The summed E-state index contributed by atoms with van der Waals surface area (Å²) >= 11 is 0. The molecule has 0 aromatic carbocycles. The first-order chi connectivity index (χ1) is 15.5. The van der Waals surface area contributed by atoms with Gasteiger partial charge < -0.3 is 15.4 Å². The standard InChI is InChI=1S/C22H24N8O2/c1-4-16-15(22(2,3)20(31)25-16)6-5-7-24-21-26-19-18(23-8-9-30(19)28-21)17-12-14-13-32-11-10-29(14)27-17/h4-6,8-9,12H,1,7,10-11,13H2,2-3H3,(H,24,28)(H,25,31)/b6-5-. The van der Waals surface area contributed by atoms with Crippen LogP contribution in [-0.4, -0.2) is 48.4 Å². The largest absolute Gasteiger partial charge is 0.373 e. The second kappa shape index (κ2) is 7.72. The Kier molecular flexibility index (Phi) is 4.86. The van der Waals surface area contributed by atoms with E-state index in [1.54, 1.807) is 23.0 Å². The minimum absolute atomic E-state index is 0.0328. The zero-order valence-corrected chi connectivity index (χ0v) is 18.0. The first kappa shape index (κ1) is 20.1. The molecule has 0 aliphatic carbocycles. The van der Waals surface area contributed by atoms with Crippen LogP contribution in [0, 0.1) is 5.41 Å². The number of ether oxygens (including phenoxy) is 1. The van der Waals surface area contributed by atoms with Crippen molar-refractivity contribution in [1.82, 2.24) is 34.7 Å². The third kappa shape index (κ3) is 3.38. The summed E-state index contributed by atoms with van der Waals surface area (Å²) in [5, 5.41) is 15.2. The Hall–Kier alpha value is -3.79. The number of carbonyl (C=O) groups excluding carboxylic acids is 1. The second-order valence-electron chi connectivity index (χ2n) is 8.17. The zero-order valence-electron chi connectivity index (χ0n) is 18.0. The van der Waals surface area contributed by atoms with Gasteiger partial charge in [0.15, 0.2) is 5.65 Å². The normalized spacial score (nSPS) is 17.8. The van der Waals surface area contributed by atoms with Gasteiger partial charge in [0.05, 0.1) is 30.9 Å². The summed E-state index contributed by atoms with van der Waals surface area (Å²) in [4.78, 5) is 21.2. The summed E-state index contributed by atoms with van der Waals surface area (Å²) in [6.07, 6.45) is 8.98. The third-order valence-electron chi connectivity index (χ3n) is 5.70. The van der Waals surface area contributed by atoms with Crippen LogP contribution >= 0.6 is 0 Å². The van der Waals surface area contributed by atoms with Gasteiger partial charge in [-0.15, -0.1) is 5.10 Å². The Morgan fingerprint density at radius 3 is 3.06 bits per heavy atom. The van der Waals surface area contributed by atoms with E-state index in [9.17, 15) is 4.79 Å². The Balaban J connectivity index is 1.35. The summed E-state index contributed by atoms with van der Waals surface area (Å²) in [5.41, 5.74) is 4.11. The number of allylic oxidation sites excluding steroid dienone is 2. The molecular weight excluding hydrogens is 408 g/mol. The minimum atomic E-state index is -0.601. The van der Waals surface area contributed by atoms with Gasteiger partial charge in [-0.2, -0.15) is 10.1 Å². The highest BCUT2D eigenvalue weighted by atomic mass is 16.5. The Bertz CT molecular complexity index is 1260. The number of carbonyl (C=O) groups is 1. The van der Waals surface area contributed by atoms with Gasteiger partial charge in [0.2, 0.25) is 11.9 Å². The average molecular weight is 432 g/mol. The van der Waals surface area contributed by atoms with Crippen molar-refractivity contribution in [1.29, 1.82) is 0 Å². The Morgan fingerprint density at radius 1 is 1.38 bits per heavy atom. The van der Waals surface area contributed by atoms with Crippen molar-refractivity contribution >= 4 is 17.5 Å². The number of rotatable bonds is 6. The molecule has 32 heavy (non-hydrogen) atoms. The molecule has 10 heteroatoms. The molecule has 2 aliphatic heterocycles. The molecule has 0 spiro atoms. The van der Waals surface area contributed by atoms with Gasteiger partial charge in [-0.1, -0.05) is 18.7 Å². The fourth-order valence-corrected chi connectivity index (χ4v) is 3.87. The van der Waals surface area contributed by atoms with E-state index < -0.39 is 5.41 Å². The lowest BCUT2D eigenvalue weighted by atomic mass is 9.85. The maximum atomic E-state index is 12.2. The van der Waals surface area contributed by atoms with Gasteiger partial charge in [0.25, 0.3) is 0 Å². The van der Waals surface area contributed by atoms with Gasteiger partial charge in [-0.05, 0) is 31.6 Å². The van der Waals surface area contributed by atoms with Crippen LogP contribution in [0.3, 0.4) is 0 Å². The molecule has 0 bridgehead atoms. The lowest BCUT2D eigenvalue weighted by Gasteiger charge is -2.16. The average Bonchev–Trinajstić information content (AvgIpc) is 3.45. The monoisotopic (exact) mass is 432 g/mol. The smallest absolute Gasteiger partial charge is 0.243 e. The van der Waals surface area contributed by atoms with E-state index in [0.717, 1.165) is 29.2 Å². The first-order valence-electron chi connectivity index (χ1n) is 10.4. The van der Waals surface area contributed by atoms with E-state index >= 15 is 0 Å². The van der Waals surface area contributed by atoms with E-state index in [2.05, 4.69) is 37.4 Å². The van der Waals surface area contributed by atoms with Crippen LogP contribution in [0.1, 0.15) is 19.5 Å². The minimum Gasteiger partial charge on any atom is -0.373 e. The molecule has 5 rings (SSSR count). The number of fused-ring (bicyclic) bond motifs is 2. The van der Waals surface area contributed by atoms with Gasteiger partial charge in [0.1, 0.15) is 11.4 Å². The van der Waals surface area contributed by atoms with Crippen LogP contribution in [0.25, 0.3) is 17.0 Å². The highest BCUT2D eigenvalue weighted by Crippen LogP contribution is 2.35. The van der Waals surface area contributed by atoms with Crippen molar-refractivity contribution in [3.05, 3.63) is 60.2 Å². The molecule has 1 amide bonds. The summed E-state index contributed by atoms with van der Waals surface area (Å²) in [6.45, 7) is 9.99. The number of amides is 1. The predicted molar refractivity (Wildman–Crippen MR) is 118 cm³/mol. The molecule has 3 aromatic rings. The molecule has 0 unspecified atom stereocenters. The van der Waals surface area contributed by atoms with E-state index in [1.807, 2.05) is 36.7 Å². The van der Waals surface area contributed by atoms with Crippen molar-refractivity contribution in [2.24, 2.45) is 5.41 Å². The third-order valence-corrected chi connectivity index (χ3v) is 5.70. The second-order valence-corrected chi connectivity index (χ2v) is 8.17. The van der Waals surface area contributed by atoms with E-state index in [0.29, 0.717) is 37.0 Å². The van der Waals surface area contributed by atoms with Crippen molar-refractivity contribution in [2.45, 2.75) is 27.0 Å². The maximum Gasteiger partial charge on any atom is 0.243 e. The van der Waals surface area contributed by atoms with Crippen LogP contribution in [0.5, 0.6) is 0 Å². The molecule has 2 N–H and O–H groups in total. The lowest BCUT2D eigenvalue weighted by Crippen LogP contribution is -2.28. The molecule has 5 heterocycles. The molecule has 164 valence electrons. The van der Waals surface area contributed by atoms with E-state index in [-0.39, 0.29) is 5.91 Å². The van der Waals surface area contributed by atoms with Crippen LogP contribution < -0.4 is 10.6 Å². The van der Waals surface area contributed by atoms with Crippen LogP contribution in [0.15, 0.2) is 54.5 Å². The fraction of sp³-hybridized carbons (Fsp3) is 0.318. The van der Waals surface area contributed by atoms with Gasteiger partial charge >= 0.3 is 0 Å². The van der Waals surface area contributed by atoms with Crippen molar-refractivity contribution in [3.63, 3.8) is 0 Å². The maximum absolute atomic E-state index is 12.2. The highest BCUT2D eigenvalue weighted by Gasteiger charge is 2.38. The summed E-state index contributed by atoms with van der Waals surface area (Å²) < 4.78 is 9.13. The molecule has 0 fully saturated rings. The molecule has 3 aromatic heterocycles. The SMILES string of the molecule is C=CC1=C(/C=C\CNc2nc3c(-c4cc5n(n4)CCOC5)nccn3n2)C(C)(C)C(=O)N1. The highest BCUT2D eigenvalue weighted by molar-refractivity contribution is 5.92. The molecule has 0 saturated carbocycles. The number of anilines is 1.